The SMILES string of the molecule is CC(C)C(N)CCN(C)C(=O)c1ccccc1NC(=O)c1cccs1.Cl. The van der Waals surface area contributed by atoms with Gasteiger partial charge in [0.05, 0.1) is 16.1 Å². The highest BCUT2D eigenvalue weighted by Crippen LogP contribution is 2.19. The zero-order valence-electron chi connectivity index (χ0n) is 15.3. The number of anilines is 1. The Morgan fingerprint density at radius 2 is 1.88 bits per heavy atom. The molecule has 0 bridgehead atoms. The minimum atomic E-state index is -0.209. The molecule has 0 fully saturated rings. The molecule has 2 rings (SSSR count). The van der Waals surface area contributed by atoms with Gasteiger partial charge in [-0.05, 0) is 35.9 Å². The second-order valence-electron chi connectivity index (χ2n) is 6.40. The number of carbonyl (C=O) groups is 2. The van der Waals surface area contributed by atoms with Crippen LogP contribution in [0.25, 0.3) is 0 Å². The molecule has 0 aliphatic rings. The molecule has 142 valence electrons. The highest BCUT2D eigenvalue weighted by Gasteiger charge is 2.18. The molecule has 0 radical (unpaired) electrons. The van der Waals surface area contributed by atoms with Crippen molar-refractivity contribution in [3.8, 4) is 0 Å². The summed E-state index contributed by atoms with van der Waals surface area (Å²) in [6.07, 6.45) is 0.740. The number of para-hydroxylation sites is 1. The number of nitrogens with one attached hydrogen (secondary N) is 1. The van der Waals surface area contributed by atoms with Gasteiger partial charge in [0.2, 0.25) is 0 Å². The van der Waals surface area contributed by atoms with E-state index in [0.717, 1.165) is 6.42 Å². The van der Waals surface area contributed by atoms with Crippen LogP contribution in [-0.4, -0.2) is 36.3 Å². The molecule has 1 unspecified atom stereocenters. The lowest BCUT2D eigenvalue weighted by molar-refractivity contribution is 0.0790. The molecule has 1 atom stereocenters. The van der Waals surface area contributed by atoms with E-state index in [4.69, 9.17) is 5.73 Å². The van der Waals surface area contributed by atoms with E-state index in [-0.39, 0.29) is 30.3 Å². The van der Waals surface area contributed by atoms with Gasteiger partial charge in [-0.3, -0.25) is 9.59 Å². The van der Waals surface area contributed by atoms with Crippen molar-refractivity contribution in [1.82, 2.24) is 4.90 Å². The highest BCUT2D eigenvalue weighted by molar-refractivity contribution is 7.12. The zero-order chi connectivity index (χ0) is 18.4. The number of hydrogen-bond acceptors (Lipinski definition) is 4. The van der Waals surface area contributed by atoms with Crippen molar-refractivity contribution in [2.75, 3.05) is 18.9 Å². The molecule has 0 saturated heterocycles. The quantitative estimate of drug-likeness (QED) is 0.747. The van der Waals surface area contributed by atoms with Crippen LogP contribution in [0.2, 0.25) is 0 Å². The van der Waals surface area contributed by atoms with Crippen molar-refractivity contribution in [2.45, 2.75) is 26.3 Å². The predicted molar refractivity (Wildman–Crippen MR) is 110 cm³/mol. The Balaban J connectivity index is 0.00000338. The van der Waals surface area contributed by atoms with Crippen molar-refractivity contribution >= 4 is 41.2 Å². The van der Waals surface area contributed by atoms with E-state index in [2.05, 4.69) is 19.2 Å². The molecule has 3 N–H and O–H groups in total. The summed E-state index contributed by atoms with van der Waals surface area (Å²) in [4.78, 5) is 27.3. The maximum atomic E-state index is 12.8. The van der Waals surface area contributed by atoms with E-state index in [1.54, 1.807) is 42.3 Å². The van der Waals surface area contributed by atoms with Crippen molar-refractivity contribution in [3.63, 3.8) is 0 Å². The standard InChI is InChI=1S/C19H25N3O2S.ClH/c1-13(2)15(20)10-11-22(3)19(24)14-7-4-5-8-16(14)21-18(23)17-9-6-12-25-17;/h4-9,12-13,15H,10-11,20H2,1-3H3,(H,21,23);1H. The van der Waals surface area contributed by atoms with Gasteiger partial charge >= 0.3 is 0 Å². The van der Waals surface area contributed by atoms with Crippen LogP contribution >= 0.6 is 23.7 Å². The van der Waals surface area contributed by atoms with Crippen molar-refractivity contribution in [1.29, 1.82) is 0 Å². The van der Waals surface area contributed by atoms with Gasteiger partial charge in [0.15, 0.2) is 0 Å². The van der Waals surface area contributed by atoms with Gasteiger partial charge in [0.1, 0.15) is 0 Å². The molecule has 0 aliphatic heterocycles. The molecular weight excluding hydrogens is 370 g/mol. The molecule has 2 amide bonds. The van der Waals surface area contributed by atoms with Crippen LogP contribution in [0.15, 0.2) is 41.8 Å². The lowest BCUT2D eigenvalue weighted by Crippen LogP contribution is -2.35. The number of amides is 2. The fourth-order valence-electron chi connectivity index (χ4n) is 2.35. The van der Waals surface area contributed by atoms with Crippen LogP contribution < -0.4 is 11.1 Å². The second kappa shape index (κ2) is 10.3. The summed E-state index contributed by atoms with van der Waals surface area (Å²) in [6.45, 7) is 4.72. The number of thiophene rings is 1. The first-order chi connectivity index (χ1) is 11.9. The largest absolute Gasteiger partial charge is 0.342 e. The molecule has 1 aromatic heterocycles. The summed E-state index contributed by atoms with van der Waals surface area (Å²) in [5, 5.41) is 4.68. The van der Waals surface area contributed by atoms with Gasteiger partial charge in [-0.25, -0.2) is 0 Å². The topological polar surface area (TPSA) is 75.4 Å². The summed E-state index contributed by atoms with van der Waals surface area (Å²) in [7, 11) is 1.76. The van der Waals surface area contributed by atoms with Gasteiger partial charge in [-0.2, -0.15) is 0 Å². The molecule has 2 aromatic rings. The van der Waals surface area contributed by atoms with E-state index >= 15 is 0 Å². The third kappa shape index (κ3) is 5.83. The summed E-state index contributed by atoms with van der Waals surface area (Å²) in [5.41, 5.74) is 7.06. The van der Waals surface area contributed by atoms with E-state index in [1.807, 2.05) is 11.4 Å². The first-order valence-corrected chi connectivity index (χ1v) is 9.23. The lowest BCUT2D eigenvalue weighted by Gasteiger charge is -2.22. The van der Waals surface area contributed by atoms with Gasteiger partial charge in [0, 0.05) is 19.6 Å². The Morgan fingerprint density at radius 3 is 2.50 bits per heavy atom. The van der Waals surface area contributed by atoms with Crippen LogP contribution in [0.4, 0.5) is 5.69 Å². The Bertz CT molecular complexity index is 719. The van der Waals surface area contributed by atoms with Crippen molar-refractivity contribution in [3.05, 3.63) is 52.2 Å². The Labute approximate surface area is 165 Å². The molecular formula is C19H26ClN3O2S. The van der Waals surface area contributed by atoms with E-state index in [9.17, 15) is 9.59 Å². The minimum absolute atomic E-state index is 0. The van der Waals surface area contributed by atoms with E-state index < -0.39 is 0 Å². The summed E-state index contributed by atoms with van der Waals surface area (Å²) in [6, 6.07) is 10.7. The molecule has 1 heterocycles. The molecule has 7 heteroatoms. The second-order valence-corrected chi connectivity index (χ2v) is 7.35. The summed E-state index contributed by atoms with van der Waals surface area (Å²) < 4.78 is 0. The first-order valence-electron chi connectivity index (χ1n) is 8.35. The first kappa shape index (κ1) is 22.2. The predicted octanol–water partition coefficient (Wildman–Crippen LogP) is 3.87. The number of rotatable bonds is 7. The van der Waals surface area contributed by atoms with Crippen LogP contribution in [-0.2, 0) is 0 Å². The Kier molecular flexibility index (Phi) is 8.78. The fraction of sp³-hybridized carbons (Fsp3) is 0.368. The van der Waals surface area contributed by atoms with E-state index in [1.165, 1.54) is 11.3 Å². The number of hydrogen-bond donors (Lipinski definition) is 2. The Hall–Kier alpha value is -1.89. The van der Waals surface area contributed by atoms with Gasteiger partial charge < -0.3 is 16.0 Å². The number of benzene rings is 1. The third-order valence-electron chi connectivity index (χ3n) is 4.15. The number of nitrogens with two attached hydrogens (primary N) is 1. The molecule has 1 aromatic carbocycles. The van der Waals surface area contributed by atoms with Crippen LogP contribution in [0.5, 0.6) is 0 Å². The molecule has 0 spiro atoms. The van der Waals surface area contributed by atoms with Gasteiger partial charge in [0.25, 0.3) is 11.8 Å². The number of nitrogens with zero attached hydrogens (tertiary/aromatic N) is 1. The van der Waals surface area contributed by atoms with Crippen LogP contribution in [0.3, 0.4) is 0 Å². The summed E-state index contributed by atoms with van der Waals surface area (Å²) in [5.74, 6) is 0.0404. The zero-order valence-corrected chi connectivity index (χ0v) is 16.9. The van der Waals surface area contributed by atoms with Gasteiger partial charge in [-0.15, -0.1) is 23.7 Å². The normalized spacial score (nSPS) is 11.6. The molecule has 5 nitrogen and oxygen atoms in total. The van der Waals surface area contributed by atoms with Gasteiger partial charge in [-0.1, -0.05) is 32.0 Å². The molecule has 26 heavy (non-hydrogen) atoms. The maximum Gasteiger partial charge on any atom is 0.265 e. The third-order valence-corrected chi connectivity index (χ3v) is 5.02. The number of halogens is 1. The summed E-state index contributed by atoms with van der Waals surface area (Å²) >= 11 is 1.36. The van der Waals surface area contributed by atoms with Crippen LogP contribution in [0, 0.1) is 5.92 Å². The number of carbonyl (C=O) groups excluding carboxylic acids is 2. The van der Waals surface area contributed by atoms with Crippen molar-refractivity contribution in [2.24, 2.45) is 11.7 Å². The van der Waals surface area contributed by atoms with E-state index in [0.29, 0.717) is 28.6 Å². The fourth-order valence-corrected chi connectivity index (χ4v) is 2.97. The smallest absolute Gasteiger partial charge is 0.265 e. The van der Waals surface area contributed by atoms with Crippen molar-refractivity contribution < 1.29 is 9.59 Å². The average molecular weight is 396 g/mol. The maximum absolute atomic E-state index is 12.8. The highest BCUT2D eigenvalue weighted by atomic mass is 35.5. The monoisotopic (exact) mass is 395 g/mol. The average Bonchev–Trinajstić information content (AvgIpc) is 3.13. The minimum Gasteiger partial charge on any atom is -0.342 e. The Morgan fingerprint density at radius 1 is 1.19 bits per heavy atom. The lowest BCUT2D eigenvalue weighted by atomic mass is 10.0. The molecule has 0 aliphatic carbocycles. The molecule has 0 saturated carbocycles. The van der Waals surface area contributed by atoms with Crippen LogP contribution in [0.1, 0.15) is 40.3 Å².